The van der Waals surface area contributed by atoms with E-state index >= 15 is 0 Å². The van der Waals surface area contributed by atoms with E-state index in [1.807, 2.05) is 26.0 Å². The lowest BCUT2D eigenvalue weighted by Gasteiger charge is -2.17. The van der Waals surface area contributed by atoms with E-state index in [1.165, 1.54) is 11.3 Å². The smallest absolute Gasteiger partial charge is 0.350 e. The van der Waals surface area contributed by atoms with Crippen LogP contribution in [0.2, 0.25) is 0 Å². The van der Waals surface area contributed by atoms with Gasteiger partial charge < -0.3 is 25.2 Å². The van der Waals surface area contributed by atoms with Crippen LogP contribution in [-0.2, 0) is 4.74 Å². The van der Waals surface area contributed by atoms with Crippen molar-refractivity contribution in [2.75, 3.05) is 26.8 Å². The number of nitrogens with one attached hydrogen (secondary N) is 2. The maximum atomic E-state index is 12.0. The lowest BCUT2D eigenvalue weighted by Crippen LogP contribution is -2.39. The van der Waals surface area contributed by atoms with E-state index in [1.54, 1.807) is 33.1 Å². The Morgan fingerprint density at radius 3 is 2.60 bits per heavy atom. The van der Waals surface area contributed by atoms with E-state index in [4.69, 9.17) is 9.47 Å². The Labute approximate surface area is 181 Å². The normalized spacial score (nSPS) is 13.5. The van der Waals surface area contributed by atoms with Gasteiger partial charge >= 0.3 is 5.97 Å². The second-order valence-electron chi connectivity index (χ2n) is 6.56. The van der Waals surface area contributed by atoms with Gasteiger partial charge in [0.25, 0.3) is 0 Å². The van der Waals surface area contributed by atoms with Crippen molar-refractivity contribution < 1.29 is 19.4 Å². The standard InChI is InChI=1S/C21H30N4O4S/c1-6-22-21(23-12-17(26)15-8-10-16(28-5)11-9-15)25-14(4)19-24-13(3)18(30-19)20(27)29-7-2/h8-11,14,17,26H,6-7,12H2,1-5H3,(H2,22,23,25). The summed E-state index contributed by atoms with van der Waals surface area (Å²) in [4.78, 5) is 21.5. The average Bonchev–Trinajstić information content (AvgIpc) is 3.14. The van der Waals surface area contributed by atoms with Gasteiger partial charge in [0.2, 0.25) is 0 Å². The van der Waals surface area contributed by atoms with Gasteiger partial charge in [0, 0.05) is 6.54 Å². The molecule has 3 N–H and O–H groups in total. The molecule has 0 radical (unpaired) electrons. The molecule has 30 heavy (non-hydrogen) atoms. The Hall–Kier alpha value is -2.65. The number of methoxy groups -OCH3 is 1. The number of aliphatic hydroxyl groups is 1. The summed E-state index contributed by atoms with van der Waals surface area (Å²) in [5.74, 6) is 0.941. The number of aromatic nitrogens is 1. The number of aliphatic hydroxyl groups excluding tert-OH is 1. The van der Waals surface area contributed by atoms with Crippen molar-refractivity contribution in [2.45, 2.75) is 39.8 Å². The minimum absolute atomic E-state index is 0.173. The molecule has 2 atom stereocenters. The van der Waals surface area contributed by atoms with Crippen LogP contribution in [0.3, 0.4) is 0 Å². The lowest BCUT2D eigenvalue weighted by molar-refractivity contribution is 0.0531. The predicted molar refractivity (Wildman–Crippen MR) is 118 cm³/mol. The van der Waals surface area contributed by atoms with Crippen molar-refractivity contribution in [3.8, 4) is 5.75 Å². The molecule has 8 nitrogen and oxygen atoms in total. The van der Waals surface area contributed by atoms with Crippen LogP contribution in [0.5, 0.6) is 5.75 Å². The molecule has 1 aromatic carbocycles. The average molecular weight is 435 g/mol. The molecule has 0 aliphatic carbocycles. The van der Waals surface area contributed by atoms with Crippen LogP contribution in [0.1, 0.15) is 58.9 Å². The lowest BCUT2D eigenvalue weighted by atomic mass is 10.1. The molecule has 0 fully saturated rings. The second kappa shape index (κ2) is 11.5. The monoisotopic (exact) mass is 434 g/mol. The summed E-state index contributed by atoms with van der Waals surface area (Å²) in [6.45, 7) is 8.67. The number of hydrogen-bond acceptors (Lipinski definition) is 7. The predicted octanol–water partition coefficient (Wildman–Crippen LogP) is 2.99. The van der Waals surface area contributed by atoms with E-state index in [0.717, 1.165) is 16.3 Å². The third-order valence-electron chi connectivity index (χ3n) is 4.26. The van der Waals surface area contributed by atoms with E-state index < -0.39 is 6.10 Å². The molecule has 2 unspecified atom stereocenters. The zero-order valence-electron chi connectivity index (χ0n) is 18.1. The summed E-state index contributed by atoms with van der Waals surface area (Å²) >= 11 is 1.31. The fourth-order valence-corrected chi connectivity index (χ4v) is 3.65. The molecule has 0 amide bonds. The number of aryl methyl sites for hydroxylation is 1. The number of rotatable bonds is 9. The molecule has 1 heterocycles. The van der Waals surface area contributed by atoms with E-state index in [2.05, 4.69) is 20.6 Å². The molecule has 2 rings (SSSR count). The Balaban J connectivity index is 2.06. The van der Waals surface area contributed by atoms with Gasteiger partial charge in [0.05, 0.1) is 38.1 Å². The van der Waals surface area contributed by atoms with Crippen LogP contribution in [0.4, 0.5) is 0 Å². The van der Waals surface area contributed by atoms with Gasteiger partial charge in [-0.15, -0.1) is 11.3 Å². The fraction of sp³-hybridized carbons (Fsp3) is 0.476. The first-order chi connectivity index (χ1) is 14.4. The number of nitrogens with zero attached hydrogens (tertiary/aromatic N) is 2. The van der Waals surface area contributed by atoms with E-state index in [9.17, 15) is 9.90 Å². The number of esters is 1. The van der Waals surface area contributed by atoms with Crippen molar-refractivity contribution in [3.63, 3.8) is 0 Å². The Kier molecular flexibility index (Phi) is 9.07. The maximum absolute atomic E-state index is 12.0. The topological polar surface area (TPSA) is 105 Å². The van der Waals surface area contributed by atoms with Crippen LogP contribution in [0.25, 0.3) is 0 Å². The third-order valence-corrected chi connectivity index (χ3v) is 5.58. The minimum Gasteiger partial charge on any atom is -0.497 e. The summed E-state index contributed by atoms with van der Waals surface area (Å²) in [6, 6.07) is 7.07. The Bertz CT molecular complexity index is 851. The first-order valence-corrected chi connectivity index (χ1v) is 10.7. The zero-order valence-corrected chi connectivity index (χ0v) is 18.9. The molecule has 2 aromatic rings. The molecule has 164 valence electrons. The van der Waals surface area contributed by atoms with Gasteiger partial charge in [-0.2, -0.15) is 0 Å². The van der Waals surface area contributed by atoms with Crippen LogP contribution in [0.15, 0.2) is 29.3 Å². The van der Waals surface area contributed by atoms with Crippen LogP contribution >= 0.6 is 11.3 Å². The zero-order chi connectivity index (χ0) is 22.1. The molecule has 0 saturated heterocycles. The summed E-state index contributed by atoms with van der Waals surface area (Å²) in [6.07, 6.45) is -0.737. The highest BCUT2D eigenvalue weighted by Gasteiger charge is 2.20. The SMILES string of the molecule is CCNC(=NCC(O)c1ccc(OC)cc1)NC(C)c1nc(C)c(C(=O)OCC)s1. The molecule has 0 bridgehead atoms. The molecule has 0 aliphatic heterocycles. The molecule has 0 spiro atoms. The number of aliphatic imine (C=N–C) groups is 1. The van der Waals surface area contributed by atoms with Gasteiger partial charge in [-0.25, -0.2) is 9.78 Å². The van der Waals surface area contributed by atoms with Crippen LogP contribution in [0, 0.1) is 6.92 Å². The van der Waals surface area contributed by atoms with Gasteiger partial charge in [0.1, 0.15) is 15.6 Å². The van der Waals surface area contributed by atoms with Gasteiger partial charge in [-0.1, -0.05) is 12.1 Å². The van der Waals surface area contributed by atoms with E-state index in [-0.39, 0.29) is 18.6 Å². The summed E-state index contributed by atoms with van der Waals surface area (Å²) in [7, 11) is 1.60. The van der Waals surface area contributed by atoms with E-state index in [0.29, 0.717) is 29.7 Å². The molecular weight excluding hydrogens is 404 g/mol. The van der Waals surface area contributed by atoms with Crippen molar-refractivity contribution in [1.82, 2.24) is 15.6 Å². The number of guanidine groups is 1. The maximum Gasteiger partial charge on any atom is 0.350 e. The fourth-order valence-electron chi connectivity index (χ4n) is 2.68. The summed E-state index contributed by atoms with van der Waals surface area (Å²) in [5, 5.41) is 17.6. The second-order valence-corrected chi connectivity index (χ2v) is 7.59. The van der Waals surface area contributed by atoms with Gasteiger partial charge in [-0.05, 0) is 45.4 Å². The number of hydrogen-bond donors (Lipinski definition) is 3. The third kappa shape index (κ3) is 6.43. The first kappa shape index (κ1) is 23.6. The number of thiazole rings is 1. The number of ether oxygens (including phenoxy) is 2. The van der Waals surface area contributed by atoms with Crippen molar-refractivity contribution in [3.05, 3.63) is 45.4 Å². The molecule has 1 aromatic heterocycles. The highest BCUT2D eigenvalue weighted by atomic mass is 32.1. The largest absolute Gasteiger partial charge is 0.497 e. The van der Waals surface area contributed by atoms with Crippen molar-refractivity contribution in [1.29, 1.82) is 0 Å². The minimum atomic E-state index is -0.737. The van der Waals surface area contributed by atoms with Crippen molar-refractivity contribution in [2.24, 2.45) is 4.99 Å². The van der Waals surface area contributed by atoms with Crippen LogP contribution in [-0.4, -0.2) is 48.8 Å². The highest BCUT2D eigenvalue weighted by Crippen LogP contribution is 2.24. The molecule has 0 aliphatic rings. The van der Waals surface area contributed by atoms with Gasteiger partial charge in [-0.3, -0.25) is 4.99 Å². The first-order valence-electron chi connectivity index (χ1n) is 9.90. The van der Waals surface area contributed by atoms with Crippen LogP contribution < -0.4 is 15.4 Å². The Morgan fingerprint density at radius 2 is 2.00 bits per heavy atom. The molecule has 0 saturated carbocycles. The number of benzene rings is 1. The summed E-state index contributed by atoms with van der Waals surface area (Å²) in [5.41, 5.74) is 1.41. The quantitative estimate of drug-likeness (QED) is 0.317. The molecular formula is C21H30N4O4S. The summed E-state index contributed by atoms with van der Waals surface area (Å²) < 4.78 is 10.2. The van der Waals surface area contributed by atoms with Gasteiger partial charge in [0.15, 0.2) is 5.96 Å². The number of carbonyl (C=O) groups excluding carboxylic acids is 1. The Morgan fingerprint density at radius 1 is 1.30 bits per heavy atom. The van der Waals surface area contributed by atoms with Crippen molar-refractivity contribution >= 4 is 23.3 Å². The molecule has 9 heteroatoms. The highest BCUT2D eigenvalue weighted by molar-refractivity contribution is 7.13. The number of carbonyl (C=O) groups is 1.